The van der Waals surface area contributed by atoms with Crippen molar-refractivity contribution < 1.29 is 19.2 Å². The lowest BCUT2D eigenvalue weighted by molar-refractivity contribution is -0.385. The maximum Gasteiger partial charge on any atom is 0.310 e. The second-order valence-corrected chi connectivity index (χ2v) is 4.37. The van der Waals surface area contributed by atoms with E-state index in [2.05, 4.69) is 0 Å². The Labute approximate surface area is 110 Å². The first-order chi connectivity index (χ1) is 9.20. The quantitative estimate of drug-likeness (QED) is 0.448. The zero-order valence-corrected chi connectivity index (χ0v) is 10.4. The fourth-order valence-electron chi connectivity index (χ4n) is 2.04. The molecular weight excluding hydrogens is 250 g/mol. The first kappa shape index (κ1) is 13.5. The summed E-state index contributed by atoms with van der Waals surface area (Å²) in [5, 5.41) is 10.9. The topological polar surface area (TPSA) is 78.7 Å². The summed E-state index contributed by atoms with van der Waals surface area (Å²) in [4.78, 5) is 21.0. The lowest BCUT2D eigenvalue weighted by Gasteiger charge is -2.11. The van der Waals surface area contributed by atoms with Gasteiger partial charge >= 0.3 is 5.69 Å². The molecule has 1 aromatic rings. The molecule has 0 spiro atoms. The van der Waals surface area contributed by atoms with E-state index >= 15 is 0 Å². The Hall–Kier alpha value is -1.95. The second-order valence-electron chi connectivity index (χ2n) is 4.37. The number of benzene rings is 1. The summed E-state index contributed by atoms with van der Waals surface area (Å²) in [6.07, 6.45) is 3.55. The SMILES string of the molecule is O=Cc1ccc([N+](=O)[O-])c(OCCC2CCCO2)c1. The third kappa shape index (κ3) is 3.51. The van der Waals surface area contributed by atoms with Crippen LogP contribution in [0.15, 0.2) is 18.2 Å². The van der Waals surface area contributed by atoms with Crippen LogP contribution >= 0.6 is 0 Å². The first-order valence-electron chi connectivity index (χ1n) is 6.18. The predicted molar refractivity (Wildman–Crippen MR) is 67.6 cm³/mol. The van der Waals surface area contributed by atoms with Gasteiger partial charge < -0.3 is 9.47 Å². The van der Waals surface area contributed by atoms with E-state index in [1.807, 2.05) is 0 Å². The molecule has 6 heteroatoms. The highest BCUT2D eigenvalue weighted by molar-refractivity contribution is 5.76. The number of carbonyl (C=O) groups is 1. The summed E-state index contributed by atoms with van der Waals surface area (Å²) < 4.78 is 10.9. The maximum absolute atomic E-state index is 10.9. The van der Waals surface area contributed by atoms with E-state index in [1.54, 1.807) is 0 Å². The van der Waals surface area contributed by atoms with Crippen LogP contribution in [0.3, 0.4) is 0 Å². The molecule has 0 aliphatic carbocycles. The molecule has 6 nitrogen and oxygen atoms in total. The number of nitro benzene ring substituents is 1. The van der Waals surface area contributed by atoms with Crippen molar-refractivity contribution in [2.45, 2.75) is 25.4 Å². The molecule has 1 aromatic carbocycles. The van der Waals surface area contributed by atoms with Gasteiger partial charge in [-0.15, -0.1) is 0 Å². The number of hydrogen-bond donors (Lipinski definition) is 0. The standard InChI is InChI=1S/C13H15NO5/c15-9-10-3-4-12(14(16)17)13(8-10)19-7-5-11-2-1-6-18-11/h3-4,8-9,11H,1-2,5-7H2. The van der Waals surface area contributed by atoms with Gasteiger partial charge in [0.2, 0.25) is 0 Å². The van der Waals surface area contributed by atoms with Crippen molar-refractivity contribution in [3.8, 4) is 5.75 Å². The van der Waals surface area contributed by atoms with Crippen LogP contribution < -0.4 is 4.74 Å². The smallest absolute Gasteiger partial charge is 0.310 e. The van der Waals surface area contributed by atoms with Crippen LogP contribution in [0.4, 0.5) is 5.69 Å². The van der Waals surface area contributed by atoms with Gasteiger partial charge in [-0.3, -0.25) is 14.9 Å². The molecule has 0 aromatic heterocycles. The molecule has 19 heavy (non-hydrogen) atoms. The van der Waals surface area contributed by atoms with E-state index in [9.17, 15) is 14.9 Å². The largest absolute Gasteiger partial charge is 0.487 e. The van der Waals surface area contributed by atoms with Crippen LogP contribution in [0, 0.1) is 10.1 Å². The number of ether oxygens (including phenoxy) is 2. The molecule has 1 fully saturated rings. The number of hydrogen-bond acceptors (Lipinski definition) is 5. The van der Waals surface area contributed by atoms with E-state index < -0.39 is 4.92 Å². The van der Waals surface area contributed by atoms with Crippen molar-refractivity contribution in [3.63, 3.8) is 0 Å². The Morgan fingerprint density at radius 2 is 2.37 bits per heavy atom. The Bertz CT molecular complexity index is 468. The molecule has 0 bridgehead atoms. The van der Waals surface area contributed by atoms with Gasteiger partial charge in [0.05, 0.1) is 17.6 Å². The van der Waals surface area contributed by atoms with E-state index in [0.717, 1.165) is 19.4 Å². The molecule has 1 unspecified atom stereocenters. The third-order valence-electron chi connectivity index (χ3n) is 3.04. The van der Waals surface area contributed by atoms with Gasteiger partial charge in [0.1, 0.15) is 6.29 Å². The summed E-state index contributed by atoms with van der Waals surface area (Å²) in [5.74, 6) is 0.132. The molecule has 1 saturated heterocycles. The van der Waals surface area contributed by atoms with Gasteiger partial charge in [-0.25, -0.2) is 0 Å². The Morgan fingerprint density at radius 3 is 3.00 bits per heavy atom. The molecule has 1 aliphatic heterocycles. The summed E-state index contributed by atoms with van der Waals surface area (Å²) >= 11 is 0. The zero-order chi connectivity index (χ0) is 13.7. The molecular formula is C13H15NO5. The molecule has 0 radical (unpaired) electrons. The van der Waals surface area contributed by atoms with Crippen LogP contribution in [-0.4, -0.2) is 30.5 Å². The molecule has 1 heterocycles. The minimum Gasteiger partial charge on any atom is -0.487 e. The van der Waals surface area contributed by atoms with Crippen molar-refractivity contribution in [1.82, 2.24) is 0 Å². The van der Waals surface area contributed by atoms with Crippen LogP contribution in [0.5, 0.6) is 5.75 Å². The van der Waals surface area contributed by atoms with Crippen molar-refractivity contribution >= 4 is 12.0 Å². The van der Waals surface area contributed by atoms with Crippen LogP contribution in [0.2, 0.25) is 0 Å². The normalized spacial score (nSPS) is 18.2. The lowest BCUT2D eigenvalue weighted by Crippen LogP contribution is -2.11. The molecule has 0 saturated carbocycles. The van der Waals surface area contributed by atoms with Gasteiger partial charge in [-0.2, -0.15) is 0 Å². The van der Waals surface area contributed by atoms with E-state index in [1.165, 1.54) is 18.2 Å². The van der Waals surface area contributed by atoms with Gasteiger partial charge in [0.25, 0.3) is 0 Å². The Morgan fingerprint density at radius 1 is 1.53 bits per heavy atom. The molecule has 1 aliphatic rings. The van der Waals surface area contributed by atoms with E-state index in [4.69, 9.17) is 9.47 Å². The first-order valence-corrected chi connectivity index (χ1v) is 6.18. The number of rotatable bonds is 6. The molecule has 0 N–H and O–H groups in total. The fraction of sp³-hybridized carbons (Fsp3) is 0.462. The second kappa shape index (κ2) is 6.29. The van der Waals surface area contributed by atoms with Gasteiger partial charge in [-0.05, 0) is 25.0 Å². The number of carbonyl (C=O) groups excluding carboxylic acids is 1. The average molecular weight is 265 g/mol. The minimum atomic E-state index is -0.518. The molecule has 102 valence electrons. The van der Waals surface area contributed by atoms with Crippen molar-refractivity contribution in [2.75, 3.05) is 13.2 Å². The predicted octanol–water partition coefficient (Wildman–Crippen LogP) is 2.36. The number of aldehydes is 1. The lowest BCUT2D eigenvalue weighted by atomic mass is 10.2. The number of nitro groups is 1. The highest BCUT2D eigenvalue weighted by Gasteiger charge is 2.18. The van der Waals surface area contributed by atoms with Crippen LogP contribution in [0.25, 0.3) is 0 Å². The average Bonchev–Trinajstić information content (AvgIpc) is 2.91. The van der Waals surface area contributed by atoms with Crippen molar-refractivity contribution in [1.29, 1.82) is 0 Å². The van der Waals surface area contributed by atoms with Gasteiger partial charge in [-0.1, -0.05) is 0 Å². The highest BCUT2D eigenvalue weighted by Crippen LogP contribution is 2.28. The van der Waals surface area contributed by atoms with E-state index in [0.29, 0.717) is 24.9 Å². The summed E-state index contributed by atoms with van der Waals surface area (Å²) in [6.45, 7) is 1.11. The third-order valence-corrected chi connectivity index (χ3v) is 3.04. The van der Waals surface area contributed by atoms with Gasteiger partial charge in [0, 0.05) is 24.7 Å². The molecule has 2 rings (SSSR count). The summed E-state index contributed by atoms with van der Waals surface area (Å²) in [7, 11) is 0. The summed E-state index contributed by atoms with van der Waals surface area (Å²) in [5.41, 5.74) is 0.232. The fourth-order valence-corrected chi connectivity index (χ4v) is 2.04. The van der Waals surface area contributed by atoms with Crippen LogP contribution in [0.1, 0.15) is 29.6 Å². The maximum atomic E-state index is 10.9. The monoisotopic (exact) mass is 265 g/mol. The Balaban J connectivity index is 2.00. The minimum absolute atomic E-state index is 0.127. The zero-order valence-electron chi connectivity index (χ0n) is 10.4. The van der Waals surface area contributed by atoms with Crippen LogP contribution in [-0.2, 0) is 4.74 Å². The molecule has 1 atom stereocenters. The van der Waals surface area contributed by atoms with Crippen molar-refractivity contribution in [3.05, 3.63) is 33.9 Å². The highest BCUT2D eigenvalue weighted by atomic mass is 16.6. The number of nitrogens with zero attached hydrogens (tertiary/aromatic N) is 1. The van der Waals surface area contributed by atoms with E-state index in [-0.39, 0.29) is 17.5 Å². The summed E-state index contributed by atoms with van der Waals surface area (Å²) in [6, 6.07) is 4.07. The molecule has 0 amide bonds. The Kier molecular flexibility index (Phi) is 4.46. The van der Waals surface area contributed by atoms with Gasteiger partial charge in [0.15, 0.2) is 5.75 Å². The van der Waals surface area contributed by atoms with Crippen molar-refractivity contribution in [2.24, 2.45) is 0 Å².